The SMILES string of the molecule is Cc1ccc(N)c(C(=O)Nc2ccc3ccc(S(=O)(=O)O)cc3c2O)c1. The zero-order valence-corrected chi connectivity index (χ0v) is 14.5. The summed E-state index contributed by atoms with van der Waals surface area (Å²) in [7, 11) is -4.42. The van der Waals surface area contributed by atoms with Gasteiger partial charge in [0.25, 0.3) is 16.0 Å². The highest BCUT2D eigenvalue weighted by Gasteiger charge is 2.16. The second-order valence-corrected chi connectivity index (χ2v) is 7.29. The maximum atomic E-state index is 12.5. The van der Waals surface area contributed by atoms with Crippen molar-refractivity contribution < 1.29 is 22.9 Å². The molecule has 0 aromatic heterocycles. The summed E-state index contributed by atoms with van der Waals surface area (Å²) < 4.78 is 31.8. The van der Waals surface area contributed by atoms with Crippen molar-refractivity contribution in [1.82, 2.24) is 0 Å². The second-order valence-electron chi connectivity index (χ2n) is 5.86. The number of amides is 1. The number of rotatable bonds is 3. The van der Waals surface area contributed by atoms with Crippen LogP contribution in [-0.4, -0.2) is 24.0 Å². The van der Waals surface area contributed by atoms with Crippen molar-refractivity contribution in [2.45, 2.75) is 11.8 Å². The molecule has 1 amide bonds. The van der Waals surface area contributed by atoms with Gasteiger partial charge in [-0.25, -0.2) is 0 Å². The van der Waals surface area contributed by atoms with Gasteiger partial charge in [0.1, 0.15) is 5.75 Å². The van der Waals surface area contributed by atoms with Crippen molar-refractivity contribution in [2.24, 2.45) is 0 Å². The lowest BCUT2D eigenvalue weighted by Crippen LogP contribution is -2.14. The van der Waals surface area contributed by atoms with Gasteiger partial charge in [-0.05, 0) is 42.6 Å². The molecule has 0 aliphatic heterocycles. The third-order valence-corrected chi connectivity index (χ3v) is 4.81. The molecule has 0 saturated carbocycles. The zero-order chi connectivity index (χ0) is 19.1. The largest absolute Gasteiger partial charge is 0.505 e. The third kappa shape index (κ3) is 3.32. The summed E-state index contributed by atoms with van der Waals surface area (Å²) in [6.07, 6.45) is 0. The first-order valence-electron chi connectivity index (χ1n) is 7.57. The van der Waals surface area contributed by atoms with E-state index in [1.165, 1.54) is 18.2 Å². The second kappa shape index (κ2) is 6.32. The van der Waals surface area contributed by atoms with Crippen LogP contribution in [0.3, 0.4) is 0 Å². The lowest BCUT2D eigenvalue weighted by atomic mass is 10.1. The van der Waals surface area contributed by atoms with Crippen LogP contribution in [0.2, 0.25) is 0 Å². The number of nitrogen functional groups attached to an aromatic ring is 1. The molecule has 0 unspecified atom stereocenters. The van der Waals surface area contributed by atoms with Crippen LogP contribution >= 0.6 is 0 Å². The Kier molecular flexibility index (Phi) is 4.31. The highest BCUT2D eigenvalue weighted by atomic mass is 32.2. The van der Waals surface area contributed by atoms with Crippen LogP contribution < -0.4 is 11.1 Å². The van der Waals surface area contributed by atoms with Gasteiger partial charge in [-0.15, -0.1) is 0 Å². The molecule has 5 N–H and O–H groups in total. The lowest BCUT2D eigenvalue weighted by molar-refractivity contribution is 0.102. The van der Waals surface area contributed by atoms with E-state index in [4.69, 9.17) is 10.3 Å². The molecule has 3 rings (SSSR count). The van der Waals surface area contributed by atoms with Gasteiger partial charge in [0.2, 0.25) is 0 Å². The number of phenols is 1. The van der Waals surface area contributed by atoms with Crippen LogP contribution in [0.15, 0.2) is 53.4 Å². The quantitative estimate of drug-likeness (QED) is 0.318. The minimum absolute atomic E-state index is 0.0934. The Balaban J connectivity index is 2.04. The van der Waals surface area contributed by atoms with E-state index in [2.05, 4.69) is 5.32 Å². The molecule has 3 aromatic rings. The van der Waals surface area contributed by atoms with Crippen molar-refractivity contribution in [3.63, 3.8) is 0 Å². The number of anilines is 2. The van der Waals surface area contributed by atoms with Crippen molar-refractivity contribution in [3.05, 3.63) is 59.7 Å². The molecule has 134 valence electrons. The summed E-state index contributed by atoms with van der Waals surface area (Å²) in [6.45, 7) is 1.82. The van der Waals surface area contributed by atoms with Crippen molar-refractivity contribution in [2.75, 3.05) is 11.1 Å². The van der Waals surface area contributed by atoms with Crippen molar-refractivity contribution in [1.29, 1.82) is 0 Å². The average Bonchev–Trinajstić information content (AvgIpc) is 2.58. The van der Waals surface area contributed by atoms with Crippen LogP contribution in [0, 0.1) is 6.92 Å². The van der Waals surface area contributed by atoms with Gasteiger partial charge in [0.15, 0.2) is 0 Å². The monoisotopic (exact) mass is 372 g/mol. The standard InChI is InChI=1S/C18H16N2O5S/c1-10-2-6-15(19)14(8-10)18(22)20-16-7-4-11-3-5-12(26(23,24)25)9-13(11)17(16)21/h2-9,21H,19H2,1H3,(H,20,22)(H,23,24,25). The molecule has 0 spiro atoms. The molecule has 8 heteroatoms. The maximum absolute atomic E-state index is 12.5. The molecule has 7 nitrogen and oxygen atoms in total. The highest BCUT2D eigenvalue weighted by Crippen LogP contribution is 2.34. The number of benzene rings is 3. The summed E-state index contributed by atoms with van der Waals surface area (Å²) in [4.78, 5) is 12.1. The fourth-order valence-electron chi connectivity index (χ4n) is 2.60. The third-order valence-electron chi connectivity index (χ3n) is 3.96. The first-order chi connectivity index (χ1) is 12.2. The molecule has 0 radical (unpaired) electrons. The summed E-state index contributed by atoms with van der Waals surface area (Å²) in [5.74, 6) is -0.820. The molecule has 3 aromatic carbocycles. The number of aromatic hydroxyl groups is 1. The first kappa shape index (κ1) is 17.7. The van der Waals surface area contributed by atoms with Gasteiger partial charge in [0, 0.05) is 11.1 Å². The number of hydrogen-bond donors (Lipinski definition) is 4. The highest BCUT2D eigenvalue weighted by molar-refractivity contribution is 7.85. The van der Waals surface area contributed by atoms with E-state index < -0.39 is 16.0 Å². The molecule has 0 aliphatic rings. The average molecular weight is 372 g/mol. The van der Waals surface area contributed by atoms with Gasteiger partial charge in [-0.1, -0.05) is 23.8 Å². The van der Waals surface area contributed by atoms with Crippen LogP contribution in [0.4, 0.5) is 11.4 Å². The molecule has 0 fully saturated rings. The molecule has 0 bridgehead atoms. The van der Waals surface area contributed by atoms with E-state index in [1.54, 1.807) is 24.3 Å². The fraction of sp³-hybridized carbons (Fsp3) is 0.0556. The topological polar surface area (TPSA) is 130 Å². The van der Waals surface area contributed by atoms with E-state index >= 15 is 0 Å². The number of carbonyl (C=O) groups excluding carboxylic acids is 1. The van der Waals surface area contributed by atoms with E-state index in [0.717, 1.165) is 11.6 Å². The first-order valence-corrected chi connectivity index (χ1v) is 9.01. The maximum Gasteiger partial charge on any atom is 0.294 e. The Hall–Kier alpha value is -3.10. The fourth-order valence-corrected chi connectivity index (χ4v) is 3.11. The van der Waals surface area contributed by atoms with Gasteiger partial charge in [-0.2, -0.15) is 8.42 Å². The predicted octanol–water partition coefficient (Wildman–Crippen LogP) is 2.94. The number of aryl methyl sites for hydroxylation is 1. The molecule has 26 heavy (non-hydrogen) atoms. The molecular weight excluding hydrogens is 356 g/mol. The molecule has 0 atom stereocenters. The number of hydrogen-bond acceptors (Lipinski definition) is 5. The minimum Gasteiger partial charge on any atom is -0.505 e. The van der Waals surface area contributed by atoms with Gasteiger partial charge >= 0.3 is 0 Å². The summed E-state index contributed by atoms with van der Waals surface area (Å²) >= 11 is 0. The Labute approximate surface area is 149 Å². The molecule has 0 heterocycles. The van der Waals surface area contributed by atoms with E-state index in [0.29, 0.717) is 11.1 Å². The number of carbonyl (C=O) groups is 1. The number of nitrogens with two attached hydrogens (primary N) is 1. The normalized spacial score (nSPS) is 11.5. The predicted molar refractivity (Wildman–Crippen MR) is 99.0 cm³/mol. The van der Waals surface area contributed by atoms with Gasteiger partial charge in [-0.3, -0.25) is 9.35 Å². The minimum atomic E-state index is -4.42. The number of phenolic OH excluding ortho intramolecular Hbond substituents is 1. The Morgan fingerprint density at radius 3 is 2.46 bits per heavy atom. The Morgan fingerprint density at radius 1 is 1.08 bits per heavy atom. The van der Waals surface area contributed by atoms with Crippen LogP contribution in [0.5, 0.6) is 5.75 Å². The zero-order valence-electron chi connectivity index (χ0n) is 13.7. The Morgan fingerprint density at radius 2 is 1.77 bits per heavy atom. The van der Waals surface area contributed by atoms with Crippen molar-refractivity contribution >= 4 is 38.2 Å². The van der Waals surface area contributed by atoms with Crippen LogP contribution in [-0.2, 0) is 10.1 Å². The number of fused-ring (bicyclic) bond motifs is 1. The van der Waals surface area contributed by atoms with Crippen molar-refractivity contribution in [3.8, 4) is 5.75 Å². The molecular formula is C18H16N2O5S. The summed E-state index contributed by atoms with van der Waals surface area (Å²) in [6, 6.07) is 11.9. The molecule has 0 saturated heterocycles. The van der Waals surface area contributed by atoms with Crippen LogP contribution in [0.1, 0.15) is 15.9 Å². The Bertz CT molecular complexity index is 1140. The summed E-state index contributed by atoms with van der Waals surface area (Å²) in [5, 5.41) is 13.7. The smallest absolute Gasteiger partial charge is 0.294 e. The van der Waals surface area contributed by atoms with Gasteiger partial charge in [0.05, 0.1) is 16.1 Å². The van der Waals surface area contributed by atoms with E-state index in [9.17, 15) is 18.3 Å². The van der Waals surface area contributed by atoms with Crippen LogP contribution in [0.25, 0.3) is 10.8 Å². The summed E-state index contributed by atoms with van der Waals surface area (Å²) in [5.41, 5.74) is 7.32. The lowest BCUT2D eigenvalue weighted by Gasteiger charge is -2.12. The van der Waals surface area contributed by atoms with E-state index in [1.807, 2.05) is 6.92 Å². The number of nitrogens with one attached hydrogen (secondary N) is 1. The molecule has 0 aliphatic carbocycles. The van der Waals surface area contributed by atoms with Gasteiger partial charge < -0.3 is 16.2 Å². The van der Waals surface area contributed by atoms with E-state index in [-0.39, 0.29) is 27.3 Å².